The Hall–Kier alpha value is -1.26. The Labute approximate surface area is 99.0 Å². The van der Waals surface area contributed by atoms with Gasteiger partial charge in [0.2, 0.25) is 0 Å². The molecule has 2 rings (SSSR count). The molecule has 1 atom stereocenters. The first kappa shape index (κ1) is 11.2. The highest BCUT2D eigenvalue weighted by atomic mass is 35.5. The van der Waals surface area contributed by atoms with Gasteiger partial charge in [-0.25, -0.2) is 0 Å². The van der Waals surface area contributed by atoms with Crippen molar-refractivity contribution in [3.8, 4) is 0 Å². The van der Waals surface area contributed by atoms with E-state index in [1.807, 2.05) is 20.0 Å². The van der Waals surface area contributed by atoms with Crippen molar-refractivity contribution in [1.29, 1.82) is 0 Å². The van der Waals surface area contributed by atoms with E-state index >= 15 is 0 Å². The van der Waals surface area contributed by atoms with E-state index in [1.165, 1.54) is 0 Å². The molecule has 0 aliphatic heterocycles. The Bertz CT molecular complexity index is 476. The van der Waals surface area contributed by atoms with Crippen LogP contribution in [0, 0.1) is 6.92 Å². The van der Waals surface area contributed by atoms with Gasteiger partial charge in [-0.15, -0.1) is 0 Å². The Morgan fingerprint density at radius 3 is 2.88 bits per heavy atom. The van der Waals surface area contributed by atoms with Gasteiger partial charge in [0.1, 0.15) is 0 Å². The van der Waals surface area contributed by atoms with Gasteiger partial charge in [0.05, 0.1) is 28.9 Å². The molecule has 2 aromatic rings. The normalized spacial score (nSPS) is 13.0. The molecule has 0 aliphatic rings. The molecule has 1 unspecified atom stereocenters. The van der Waals surface area contributed by atoms with Crippen LogP contribution in [-0.2, 0) is 13.5 Å². The van der Waals surface area contributed by atoms with E-state index in [0.29, 0.717) is 11.4 Å². The molecule has 86 valence electrons. The molecule has 4 nitrogen and oxygen atoms in total. The lowest BCUT2D eigenvalue weighted by Crippen LogP contribution is -2.14. The van der Waals surface area contributed by atoms with E-state index in [9.17, 15) is 0 Å². The van der Waals surface area contributed by atoms with Crippen LogP contribution in [0.3, 0.4) is 0 Å². The first-order chi connectivity index (χ1) is 7.59. The minimum absolute atomic E-state index is 0.119. The topological polar surface area (TPSA) is 57.0 Å². The van der Waals surface area contributed by atoms with Crippen molar-refractivity contribution < 1.29 is 4.42 Å². The summed E-state index contributed by atoms with van der Waals surface area (Å²) in [7, 11) is 1.87. The smallest absolute Gasteiger partial charge is 0.0950 e. The minimum Gasteiger partial charge on any atom is -0.472 e. The van der Waals surface area contributed by atoms with Crippen molar-refractivity contribution in [2.75, 3.05) is 0 Å². The number of aryl methyl sites for hydroxylation is 2. The predicted octanol–water partition coefficient (Wildman–Crippen LogP) is 2.22. The molecule has 0 saturated carbocycles. The number of halogens is 1. The fourth-order valence-electron chi connectivity index (χ4n) is 1.71. The molecular weight excluding hydrogens is 226 g/mol. The molecule has 0 spiro atoms. The molecule has 0 amide bonds. The molecule has 2 heterocycles. The monoisotopic (exact) mass is 239 g/mol. The lowest BCUT2D eigenvalue weighted by Gasteiger charge is -2.09. The van der Waals surface area contributed by atoms with Gasteiger partial charge in [-0.05, 0) is 13.0 Å². The van der Waals surface area contributed by atoms with Crippen LogP contribution in [0.15, 0.2) is 23.0 Å². The first-order valence-electron chi connectivity index (χ1n) is 5.05. The summed E-state index contributed by atoms with van der Waals surface area (Å²) in [6.07, 6.45) is 3.92. The van der Waals surface area contributed by atoms with E-state index in [0.717, 1.165) is 17.0 Å². The number of nitrogens with two attached hydrogens (primary N) is 1. The molecular formula is C11H14ClN3O. The minimum atomic E-state index is -0.119. The molecule has 0 bridgehead atoms. The fraction of sp³-hybridized carbons (Fsp3) is 0.364. The Morgan fingerprint density at radius 1 is 1.62 bits per heavy atom. The first-order valence-corrected chi connectivity index (χ1v) is 5.43. The zero-order chi connectivity index (χ0) is 11.7. The molecule has 0 aliphatic carbocycles. The van der Waals surface area contributed by atoms with Crippen LogP contribution >= 0.6 is 11.6 Å². The average Bonchev–Trinajstić information content (AvgIpc) is 2.83. The van der Waals surface area contributed by atoms with Crippen molar-refractivity contribution >= 4 is 11.6 Å². The van der Waals surface area contributed by atoms with Crippen molar-refractivity contribution in [3.63, 3.8) is 0 Å². The van der Waals surface area contributed by atoms with Crippen LogP contribution in [0.1, 0.15) is 23.0 Å². The SMILES string of the molecule is Cc1nn(C)c(CC(N)c2ccoc2)c1Cl. The predicted molar refractivity (Wildman–Crippen MR) is 62.3 cm³/mol. The highest BCUT2D eigenvalue weighted by Crippen LogP contribution is 2.24. The highest BCUT2D eigenvalue weighted by Gasteiger charge is 2.16. The second kappa shape index (κ2) is 4.31. The van der Waals surface area contributed by atoms with Gasteiger partial charge in [0.15, 0.2) is 0 Å². The largest absolute Gasteiger partial charge is 0.472 e. The number of rotatable bonds is 3. The van der Waals surface area contributed by atoms with Crippen LogP contribution < -0.4 is 5.73 Å². The van der Waals surface area contributed by atoms with Gasteiger partial charge in [-0.1, -0.05) is 11.6 Å². The van der Waals surface area contributed by atoms with Crippen LogP contribution in [0.25, 0.3) is 0 Å². The highest BCUT2D eigenvalue weighted by molar-refractivity contribution is 6.31. The summed E-state index contributed by atoms with van der Waals surface area (Å²) in [5.74, 6) is 0. The molecule has 0 aromatic carbocycles. The summed E-state index contributed by atoms with van der Waals surface area (Å²) in [6.45, 7) is 1.88. The van der Waals surface area contributed by atoms with Gasteiger partial charge in [0.25, 0.3) is 0 Å². The lowest BCUT2D eigenvalue weighted by molar-refractivity contribution is 0.556. The van der Waals surface area contributed by atoms with Crippen molar-refractivity contribution in [3.05, 3.63) is 40.6 Å². The van der Waals surface area contributed by atoms with Gasteiger partial charge in [-0.2, -0.15) is 5.10 Å². The van der Waals surface area contributed by atoms with E-state index < -0.39 is 0 Å². The molecule has 0 fully saturated rings. The van der Waals surface area contributed by atoms with Crippen LogP contribution in [0.4, 0.5) is 0 Å². The molecule has 0 saturated heterocycles. The summed E-state index contributed by atoms with van der Waals surface area (Å²) in [5, 5.41) is 4.95. The molecule has 16 heavy (non-hydrogen) atoms. The molecule has 0 radical (unpaired) electrons. The molecule has 2 aromatic heterocycles. The summed E-state index contributed by atoms with van der Waals surface area (Å²) in [5.41, 5.74) is 8.81. The average molecular weight is 240 g/mol. The quantitative estimate of drug-likeness (QED) is 0.894. The van der Waals surface area contributed by atoms with E-state index in [1.54, 1.807) is 17.2 Å². The third-order valence-corrected chi connectivity index (χ3v) is 3.14. The van der Waals surface area contributed by atoms with Crippen LogP contribution in [0.2, 0.25) is 5.02 Å². The van der Waals surface area contributed by atoms with Crippen LogP contribution in [0.5, 0.6) is 0 Å². The lowest BCUT2D eigenvalue weighted by atomic mass is 10.1. The maximum absolute atomic E-state index is 6.16. The summed E-state index contributed by atoms with van der Waals surface area (Å²) in [6, 6.07) is 1.74. The number of nitrogens with zero attached hydrogens (tertiary/aromatic N) is 2. The van der Waals surface area contributed by atoms with E-state index in [2.05, 4.69) is 5.10 Å². The van der Waals surface area contributed by atoms with Gasteiger partial charge >= 0.3 is 0 Å². The Kier molecular flexibility index (Phi) is 3.03. The fourth-order valence-corrected chi connectivity index (χ4v) is 1.95. The Morgan fingerprint density at radius 2 is 2.38 bits per heavy atom. The maximum atomic E-state index is 6.16. The summed E-state index contributed by atoms with van der Waals surface area (Å²) in [4.78, 5) is 0. The Balaban J connectivity index is 2.21. The number of hydrogen-bond acceptors (Lipinski definition) is 3. The van der Waals surface area contributed by atoms with Crippen molar-refractivity contribution in [2.24, 2.45) is 12.8 Å². The zero-order valence-corrected chi connectivity index (χ0v) is 10.0. The number of aromatic nitrogens is 2. The third-order valence-electron chi connectivity index (χ3n) is 2.65. The van der Waals surface area contributed by atoms with Crippen molar-refractivity contribution in [2.45, 2.75) is 19.4 Å². The summed E-state index contributed by atoms with van der Waals surface area (Å²) >= 11 is 6.16. The number of furan rings is 1. The van der Waals surface area contributed by atoms with Crippen LogP contribution in [-0.4, -0.2) is 9.78 Å². The number of hydrogen-bond donors (Lipinski definition) is 1. The van der Waals surface area contributed by atoms with E-state index in [4.69, 9.17) is 21.8 Å². The molecule has 2 N–H and O–H groups in total. The van der Waals surface area contributed by atoms with Crippen molar-refractivity contribution in [1.82, 2.24) is 9.78 Å². The third kappa shape index (κ3) is 1.99. The van der Waals surface area contributed by atoms with Gasteiger partial charge in [0, 0.05) is 25.1 Å². The second-order valence-corrected chi connectivity index (χ2v) is 4.21. The van der Waals surface area contributed by atoms with Gasteiger partial charge in [-0.3, -0.25) is 4.68 Å². The standard InChI is InChI=1S/C11H14ClN3O/c1-7-11(12)10(15(2)14-7)5-9(13)8-3-4-16-6-8/h3-4,6,9H,5,13H2,1-2H3. The zero-order valence-electron chi connectivity index (χ0n) is 9.27. The van der Waals surface area contributed by atoms with E-state index in [-0.39, 0.29) is 6.04 Å². The molecule has 5 heteroatoms. The second-order valence-electron chi connectivity index (χ2n) is 3.84. The maximum Gasteiger partial charge on any atom is 0.0950 e. The van der Waals surface area contributed by atoms with Gasteiger partial charge < -0.3 is 10.2 Å². The summed E-state index contributed by atoms with van der Waals surface area (Å²) < 4.78 is 6.78.